The van der Waals surface area contributed by atoms with E-state index in [1.165, 1.54) is 11.1 Å². The van der Waals surface area contributed by atoms with Crippen LogP contribution < -0.4 is 10.6 Å². The lowest BCUT2D eigenvalue weighted by atomic mass is 9.89. The molecule has 3 rings (SSSR count). The molecule has 1 aliphatic heterocycles. The second kappa shape index (κ2) is 9.79. The van der Waals surface area contributed by atoms with E-state index in [1.54, 1.807) is 0 Å². The molecule has 5 nitrogen and oxygen atoms in total. The van der Waals surface area contributed by atoms with E-state index in [-0.39, 0.29) is 23.9 Å². The van der Waals surface area contributed by atoms with Gasteiger partial charge in [-0.3, -0.25) is 4.79 Å². The topological polar surface area (TPSA) is 61.4 Å². The number of carbonyl (C=O) groups excluding carboxylic acids is 2. The van der Waals surface area contributed by atoms with E-state index in [0.717, 1.165) is 30.5 Å². The first-order valence-corrected chi connectivity index (χ1v) is 10.9. The standard InChI is InChI=1S/C25H33N3O2/c1-5-26-25(30)28-13-7-10-22(16-28)20-8-6-9-21(15-20)24(29)27-19(4)23-12-11-17(2)14-18(23)3/h6,8-9,11-12,14-15,19,22H,5,7,10,13,16H2,1-4H3,(H,26,30)(H,27,29)/t19-,22-/m1/s1. The fraction of sp³-hybridized carbons (Fsp3) is 0.440. The summed E-state index contributed by atoms with van der Waals surface area (Å²) in [5.74, 6) is 0.187. The van der Waals surface area contributed by atoms with Crippen molar-refractivity contribution in [2.45, 2.75) is 52.5 Å². The van der Waals surface area contributed by atoms with Crippen LogP contribution in [0.2, 0.25) is 0 Å². The van der Waals surface area contributed by atoms with Gasteiger partial charge in [-0.25, -0.2) is 4.79 Å². The van der Waals surface area contributed by atoms with Crippen molar-refractivity contribution >= 4 is 11.9 Å². The molecule has 5 heteroatoms. The molecular formula is C25H33N3O2. The van der Waals surface area contributed by atoms with Gasteiger partial charge < -0.3 is 15.5 Å². The molecule has 2 atom stereocenters. The highest BCUT2D eigenvalue weighted by molar-refractivity contribution is 5.94. The van der Waals surface area contributed by atoms with Crippen LogP contribution in [0.1, 0.15) is 71.3 Å². The maximum absolute atomic E-state index is 12.9. The first-order valence-electron chi connectivity index (χ1n) is 10.9. The Balaban J connectivity index is 1.70. The minimum Gasteiger partial charge on any atom is -0.346 e. The fourth-order valence-electron chi connectivity index (χ4n) is 4.30. The van der Waals surface area contributed by atoms with Crippen LogP contribution in [0.4, 0.5) is 4.79 Å². The Labute approximate surface area is 179 Å². The highest BCUT2D eigenvalue weighted by Gasteiger charge is 2.25. The summed E-state index contributed by atoms with van der Waals surface area (Å²) >= 11 is 0. The molecule has 1 saturated heterocycles. The Bertz CT molecular complexity index is 909. The predicted octanol–water partition coefficient (Wildman–Crippen LogP) is 4.70. The summed E-state index contributed by atoms with van der Waals surface area (Å²) in [6, 6.07) is 14.1. The van der Waals surface area contributed by atoms with Gasteiger partial charge in [-0.05, 0) is 69.4 Å². The zero-order valence-corrected chi connectivity index (χ0v) is 18.5. The molecule has 160 valence electrons. The number of nitrogens with one attached hydrogen (secondary N) is 2. The van der Waals surface area contributed by atoms with Crippen LogP contribution in [-0.4, -0.2) is 36.5 Å². The van der Waals surface area contributed by atoms with Crippen molar-refractivity contribution in [2.75, 3.05) is 19.6 Å². The van der Waals surface area contributed by atoms with Crippen molar-refractivity contribution in [3.8, 4) is 0 Å². The van der Waals surface area contributed by atoms with Gasteiger partial charge in [0.1, 0.15) is 0 Å². The number of likely N-dealkylation sites (tertiary alicyclic amines) is 1. The van der Waals surface area contributed by atoms with Crippen molar-refractivity contribution in [2.24, 2.45) is 0 Å². The Morgan fingerprint density at radius 3 is 2.70 bits per heavy atom. The summed E-state index contributed by atoms with van der Waals surface area (Å²) in [7, 11) is 0. The number of hydrogen-bond acceptors (Lipinski definition) is 2. The van der Waals surface area contributed by atoms with E-state index in [2.05, 4.69) is 48.7 Å². The van der Waals surface area contributed by atoms with Gasteiger partial charge in [0.15, 0.2) is 0 Å². The Morgan fingerprint density at radius 2 is 1.97 bits per heavy atom. The number of hydrogen-bond donors (Lipinski definition) is 2. The number of piperidine rings is 1. The number of aryl methyl sites for hydroxylation is 2. The molecule has 0 aromatic heterocycles. The summed E-state index contributed by atoms with van der Waals surface area (Å²) in [6.45, 7) is 10.2. The molecule has 30 heavy (non-hydrogen) atoms. The monoisotopic (exact) mass is 407 g/mol. The molecule has 2 aromatic carbocycles. The van der Waals surface area contributed by atoms with Gasteiger partial charge >= 0.3 is 6.03 Å². The highest BCUT2D eigenvalue weighted by atomic mass is 16.2. The Hall–Kier alpha value is -2.82. The van der Waals surface area contributed by atoms with Crippen molar-refractivity contribution in [3.63, 3.8) is 0 Å². The maximum atomic E-state index is 12.9. The summed E-state index contributed by atoms with van der Waals surface area (Å²) in [4.78, 5) is 27.0. The van der Waals surface area contributed by atoms with E-state index < -0.39 is 0 Å². The normalized spacial score (nSPS) is 17.3. The highest BCUT2D eigenvalue weighted by Crippen LogP contribution is 2.28. The number of amides is 3. The lowest BCUT2D eigenvalue weighted by Crippen LogP contribution is -2.44. The SMILES string of the molecule is CCNC(=O)N1CCC[C@@H](c2cccc(C(=O)N[C@H](C)c3ccc(C)cc3C)c2)C1. The molecule has 1 aliphatic rings. The van der Waals surface area contributed by atoms with Crippen LogP contribution in [0.5, 0.6) is 0 Å². The van der Waals surface area contributed by atoms with E-state index in [4.69, 9.17) is 0 Å². The molecule has 0 saturated carbocycles. The van der Waals surface area contributed by atoms with Crippen molar-refractivity contribution in [3.05, 3.63) is 70.3 Å². The van der Waals surface area contributed by atoms with Crippen LogP contribution >= 0.6 is 0 Å². The van der Waals surface area contributed by atoms with E-state index in [1.807, 2.05) is 36.9 Å². The number of benzene rings is 2. The smallest absolute Gasteiger partial charge is 0.317 e. The third-order valence-electron chi connectivity index (χ3n) is 5.90. The molecule has 1 fully saturated rings. The summed E-state index contributed by atoms with van der Waals surface area (Å²) < 4.78 is 0. The van der Waals surface area contributed by atoms with Gasteiger partial charge in [0.25, 0.3) is 5.91 Å². The summed E-state index contributed by atoms with van der Waals surface area (Å²) in [6.07, 6.45) is 2.00. The van der Waals surface area contributed by atoms with Crippen molar-refractivity contribution < 1.29 is 9.59 Å². The number of urea groups is 1. The molecule has 0 bridgehead atoms. The van der Waals surface area contributed by atoms with Crippen LogP contribution in [0.15, 0.2) is 42.5 Å². The molecular weight excluding hydrogens is 374 g/mol. The molecule has 1 heterocycles. The summed E-state index contributed by atoms with van der Waals surface area (Å²) in [5, 5.41) is 6.02. The van der Waals surface area contributed by atoms with Crippen LogP contribution in [0.3, 0.4) is 0 Å². The molecule has 2 N–H and O–H groups in total. The molecule has 0 unspecified atom stereocenters. The van der Waals surface area contributed by atoms with Crippen molar-refractivity contribution in [1.29, 1.82) is 0 Å². The van der Waals surface area contributed by atoms with Gasteiger partial charge in [0, 0.05) is 31.1 Å². The second-order valence-electron chi connectivity index (χ2n) is 8.30. The average molecular weight is 408 g/mol. The molecule has 0 radical (unpaired) electrons. The average Bonchev–Trinajstić information content (AvgIpc) is 2.74. The second-order valence-corrected chi connectivity index (χ2v) is 8.30. The van der Waals surface area contributed by atoms with Gasteiger partial charge in [-0.2, -0.15) is 0 Å². The van der Waals surface area contributed by atoms with E-state index in [9.17, 15) is 9.59 Å². The molecule has 0 spiro atoms. The third-order valence-corrected chi connectivity index (χ3v) is 5.90. The maximum Gasteiger partial charge on any atom is 0.317 e. The minimum absolute atomic E-state index is 0.00149. The molecule has 3 amide bonds. The van der Waals surface area contributed by atoms with Gasteiger partial charge in [-0.1, -0.05) is 35.9 Å². The number of rotatable bonds is 5. The number of nitrogens with zero attached hydrogens (tertiary/aromatic N) is 1. The molecule has 2 aromatic rings. The number of carbonyl (C=O) groups is 2. The zero-order valence-electron chi connectivity index (χ0n) is 18.5. The first kappa shape index (κ1) is 21.9. The Kier molecular flexibility index (Phi) is 7.14. The largest absolute Gasteiger partial charge is 0.346 e. The van der Waals surface area contributed by atoms with Gasteiger partial charge in [0.05, 0.1) is 6.04 Å². The minimum atomic E-state index is -0.0688. The molecule has 0 aliphatic carbocycles. The van der Waals surface area contributed by atoms with Crippen LogP contribution in [0.25, 0.3) is 0 Å². The van der Waals surface area contributed by atoms with Gasteiger partial charge in [-0.15, -0.1) is 0 Å². The predicted molar refractivity (Wildman–Crippen MR) is 121 cm³/mol. The Morgan fingerprint density at radius 1 is 1.17 bits per heavy atom. The lowest BCUT2D eigenvalue weighted by molar-refractivity contribution is 0.0939. The van der Waals surface area contributed by atoms with Crippen molar-refractivity contribution in [1.82, 2.24) is 15.5 Å². The third kappa shape index (κ3) is 5.21. The fourth-order valence-corrected chi connectivity index (χ4v) is 4.30. The van der Waals surface area contributed by atoms with Gasteiger partial charge in [0.2, 0.25) is 0 Å². The lowest BCUT2D eigenvalue weighted by Gasteiger charge is -2.33. The van der Waals surface area contributed by atoms with Crippen LogP contribution in [-0.2, 0) is 0 Å². The quantitative estimate of drug-likeness (QED) is 0.754. The summed E-state index contributed by atoms with van der Waals surface area (Å²) in [5.41, 5.74) is 5.32. The zero-order chi connectivity index (χ0) is 21.7. The van der Waals surface area contributed by atoms with E-state index >= 15 is 0 Å². The van der Waals surface area contributed by atoms with Crippen LogP contribution in [0, 0.1) is 13.8 Å². The first-order chi connectivity index (χ1) is 14.4. The van der Waals surface area contributed by atoms with E-state index in [0.29, 0.717) is 18.7 Å².